The van der Waals surface area contributed by atoms with Crippen molar-refractivity contribution in [3.8, 4) is 0 Å². The van der Waals surface area contributed by atoms with Crippen LogP contribution in [0.4, 0.5) is 9.59 Å². The molecule has 2 saturated carbocycles. The fourth-order valence-electron chi connectivity index (χ4n) is 9.36. The van der Waals surface area contributed by atoms with Crippen LogP contribution in [0.5, 0.6) is 0 Å². The number of esters is 3. The molecule has 17 heteroatoms. The monoisotopic (exact) mass is 831 g/mol. The predicted molar refractivity (Wildman–Crippen MR) is 204 cm³/mol. The zero-order valence-corrected chi connectivity index (χ0v) is 35.4. The minimum Gasteiger partial charge on any atom is -0.456 e. The van der Waals surface area contributed by atoms with Gasteiger partial charge in [-0.2, -0.15) is 0 Å². The molecular formula is C42H57NO16. The predicted octanol–water partition coefficient (Wildman–Crippen LogP) is 3.33. The lowest BCUT2D eigenvalue weighted by atomic mass is 9.44. The molecule has 4 N–H and O–H groups in total. The van der Waals surface area contributed by atoms with Gasteiger partial charge in [0.15, 0.2) is 23.6 Å². The van der Waals surface area contributed by atoms with E-state index in [9.17, 15) is 39.3 Å². The molecule has 1 heterocycles. The van der Waals surface area contributed by atoms with Crippen molar-refractivity contribution in [3.63, 3.8) is 0 Å². The Morgan fingerprint density at radius 1 is 1.00 bits per heavy atom. The summed E-state index contributed by atoms with van der Waals surface area (Å²) < 4.78 is 40.1. The third-order valence-electron chi connectivity index (χ3n) is 12.5. The van der Waals surface area contributed by atoms with E-state index in [1.54, 1.807) is 52.8 Å². The number of aliphatic hydroxyl groups is 3. The highest BCUT2D eigenvalue weighted by Crippen LogP contribution is 2.64. The fraction of sp³-hybridized carbons (Fsp3) is 0.667. The summed E-state index contributed by atoms with van der Waals surface area (Å²) in [5.41, 5.74) is -8.78. The van der Waals surface area contributed by atoms with Crippen LogP contribution in [0.3, 0.4) is 0 Å². The first-order valence-electron chi connectivity index (χ1n) is 19.6. The summed E-state index contributed by atoms with van der Waals surface area (Å²) in [6, 6.07) is 6.55. The van der Waals surface area contributed by atoms with Gasteiger partial charge in [-0.15, -0.1) is 0 Å². The van der Waals surface area contributed by atoms with Crippen LogP contribution >= 0.6 is 0 Å². The molecule has 3 fully saturated rings. The molecule has 326 valence electrons. The molecule has 17 nitrogen and oxygen atoms in total. The van der Waals surface area contributed by atoms with Crippen LogP contribution < -0.4 is 5.32 Å². The number of carbonyl (C=O) groups excluding carboxylic acids is 6. The summed E-state index contributed by atoms with van der Waals surface area (Å²) in [5.74, 6) is -6.13. The highest BCUT2D eigenvalue weighted by atomic mass is 16.8. The molecule has 59 heavy (non-hydrogen) atoms. The fourth-order valence-corrected chi connectivity index (χ4v) is 9.36. The molecule has 5 rings (SSSR count). The molecule has 1 aliphatic heterocycles. The number of rotatable bonds is 9. The smallest absolute Gasteiger partial charge is 0.456 e. The van der Waals surface area contributed by atoms with Crippen molar-refractivity contribution in [1.82, 2.24) is 5.32 Å². The van der Waals surface area contributed by atoms with E-state index in [1.165, 1.54) is 39.8 Å². The topological polar surface area (TPSA) is 240 Å². The van der Waals surface area contributed by atoms with Crippen molar-refractivity contribution < 1.29 is 77.2 Å². The lowest BCUT2D eigenvalue weighted by Crippen LogP contribution is -2.82. The number of methoxy groups -OCH3 is 1. The molecule has 11 atom stereocenters. The van der Waals surface area contributed by atoms with Gasteiger partial charge in [0.05, 0.1) is 42.8 Å². The zero-order chi connectivity index (χ0) is 44.2. The van der Waals surface area contributed by atoms with E-state index in [0.717, 1.165) is 14.0 Å². The maximum atomic E-state index is 15.4. The van der Waals surface area contributed by atoms with Crippen LogP contribution in [-0.4, -0.2) is 124 Å². The van der Waals surface area contributed by atoms with Gasteiger partial charge >= 0.3 is 30.2 Å². The molecule has 3 aliphatic carbocycles. The summed E-state index contributed by atoms with van der Waals surface area (Å²) in [7, 11) is 1.06. The summed E-state index contributed by atoms with van der Waals surface area (Å²) in [4.78, 5) is 82.3. The number of Topliss-reactive ketones (excluding diaryl/α,β-unsaturated/α-hetero) is 1. The molecule has 0 spiro atoms. The molecule has 1 amide bonds. The molecule has 0 aromatic heterocycles. The molecular weight excluding hydrogens is 774 g/mol. The first-order valence-corrected chi connectivity index (χ1v) is 19.6. The van der Waals surface area contributed by atoms with Crippen molar-refractivity contribution in [2.75, 3.05) is 13.7 Å². The van der Waals surface area contributed by atoms with Crippen LogP contribution in [0.2, 0.25) is 0 Å². The van der Waals surface area contributed by atoms with Gasteiger partial charge in [-0.1, -0.05) is 45.9 Å². The number of amides is 1. The van der Waals surface area contributed by atoms with Crippen LogP contribution in [0, 0.1) is 22.7 Å². The normalized spacial score (nSPS) is 33.3. The number of nitrogens with one attached hydrogen (secondary N) is 1. The van der Waals surface area contributed by atoms with Gasteiger partial charge < -0.3 is 53.8 Å². The maximum Gasteiger partial charge on any atom is 0.508 e. The summed E-state index contributed by atoms with van der Waals surface area (Å²) in [6.07, 6.45) is -12.8. The number of ether oxygens (including phenoxy) is 7. The van der Waals surface area contributed by atoms with Crippen molar-refractivity contribution >= 4 is 35.9 Å². The van der Waals surface area contributed by atoms with Crippen molar-refractivity contribution in [3.05, 3.63) is 47.0 Å². The molecule has 1 aromatic rings. The highest BCUT2D eigenvalue weighted by molar-refractivity contribution is 5.95. The number of fused-ring (bicyclic) bond motifs is 5. The Hall–Kier alpha value is -4.58. The minimum absolute atomic E-state index is 0.0198. The largest absolute Gasteiger partial charge is 0.508 e. The quantitative estimate of drug-likeness (QED) is 0.159. The van der Waals surface area contributed by atoms with Gasteiger partial charge in [0.25, 0.3) is 0 Å². The van der Waals surface area contributed by atoms with E-state index >= 15 is 4.79 Å². The molecule has 2 bridgehead atoms. The van der Waals surface area contributed by atoms with E-state index in [0.29, 0.717) is 0 Å². The molecule has 1 aromatic carbocycles. The molecule has 4 aliphatic rings. The Balaban J connectivity index is 1.73. The van der Waals surface area contributed by atoms with Gasteiger partial charge in [-0.3, -0.25) is 9.59 Å². The van der Waals surface area contributed by atoms with Crippen LogP contribution in [0.15, 0.2) is 41.5 Å². The van der Waals surface area contributed by atoms with Gasteiger partial charge in [-0.05, 0) is 63.8 Å². The average Bonchev–Trinajstić information content (AvgIpc) is 3.13. The number of aliphatic hydroxyl groups excluding tert-OH is 2. The maximum absolute atomic E-state index is 15.4. The Morgan fingerprint density at radius 2 is 1.63 bits per heavy atom. The van der Waals surface area contributed by atoms with E-state index in [-0.39, 0.29) is 29.7 Å². The molecule has 2 unspecified atom stereocenters. The number of ketones is 1. The number of benzene rings is 1. The van der Waals surface area contributed by atoms with E-state index in [2.05, 4.69) is 5.32 Å². The first kappa shape index (κ1) is 45.5. The van der Waals surface area contributed by atoms with Crippen molar-refractivity contribution in [1.29, 1.82) is 0 Å². The van der Waals surface area contributed by atoms with E-state index in [4.69, 9.17) is 33.2 Å². The molecule has 0 radical (unpaired) electrons. The Morgan fingerprint density at radius 3 is 2.15 bits per heavy atom. The van der Waals surface area contributed by atoms with Crippen molar-refractivity contribution in [2.45, 2.75) is 142 Å². The average molecular weight is 832 g/mol. The number of hydrogen-bond acceptors (Lipinski definition) is 16. The van der Waals surface area contributed by atoms with Crippen molar-refractivity contribution in [2.24, 2.45) is 22.7 Å². The van der Waals surface area contributed by atoms with Crippen LogP contribution in [0.1, 0.15) is 92.4 Å². The Bertz CT molecular complexity index is 1870. The third-order valence-corrected chi connectivity index (χ3v) is 12.5. The Labute approximate surface area is 343 Å². The molecule has 1 saturated heterocycles. The number of alkyl carbamates (subject to hydrolysis) is 1. The van der Waals surface area contributed by atoms with Crippen LogP contribution in [-0.2, 0) is 47.5 Å². The van der Waals surface area contributed by atoms with Gasteiger partial charge in [0.2, 0.25) is 0 Å². The van der Waals surface area contributed by atoms with Gasteiger partial charge in [-0.25, -0.2) is 19.2 Å². The minimum atomic E-state index is -2.41. The summed E-state index contributed by atoms with van der Waals surface area (Å²) in [6.45, 7) is 14.9. The third kappa shape index (κ3) is 7.93. The summed E-state index contributed by atoms with van der Waals surface area (Å²) in [5, 5.41) is 39.5. The second-order valence-electron chi connectivity index (χ2n) is 18.0. The first-order chi connectivity index (χ1) is 27.3. The lowest BCUT2D eigenvalue weighted by Gasteiger charge is -2.67. The Kier molecular flexibility index (Phi) is 12.4. The van der Waals surface area contributed by atoms with E-state index < -0.39 is 124 Å². The second kappa shape index (κ2) is 16.1. The standard InChI is InChI=1S/C42H57NO16/c1-20(2)28(43-36(50)58-38(5,6)7)29(46)35(49)56-24-18-42(52)33(57-34(48)23-15-13-12-14-16-23)31-40(10,25(45)17-26-41(31,19-54-26)59-37(51)53-11)32(47)30(55-22(4)44)27(21(24)3)39(42,8)9/h12-16,20,24-26,28-31,33,45-46,52H,17-19H2,1-11H3,(H,43,50)/t24-,25-,26?,28-,29+,30+,31?,33-,40+,41-,42+/m0/s1. The lowest BCUT2D eigenvalue weighted by molar-refractivity contribution is -0.344. The van der Waals surface area contributed by atoms with Gasteiger partial charge in [0, 0.05) is 25.2 Å². The number of hydrogen-bond donors (Lipinski definition) is 4. The number of carbonyl (C=O) groups is 6. The van der Waals surface area contributed by atoms with Gasteiger partial charge in [0.1, 0.15) is 29.5 Å². The zero-order valence-electron chi connectivity index (χ0n) is 35.4. The highest BCUT2D eigenvalue weighted by Gasteiger charge is 2.78. The second-order valence-corrected chi connectivity index (χ2v) is 18.0. The van der Waals surface area contributed by atoms with E-state index in [1.807, 2.05) is 0 Å². The van der Waals surface area contributed by atoms with Crippen LogP contribution in [0.25, 0.3) is 0 Å². The summed E-state index contributed by atoms with van der Waals surface area (Å²) >= 11 is 0. The SMILES string of the molecule is COC(=O)O[C@@]12COC1C[C@H](O)[C@@]1(C)C(=O)[C@H](OC(C)=O)C3=C(C)[C@@H](OC(=O)[C@H](O)[C@@H](NC(=O)OC(C)(C)C)C(C)C)C[C@@](O)([C@@H](OC(=O)c4ccccc4)C21)C3(C)C.